The van der Waals surface area contributed by atoms with Crippen molar-refractivity contribution in [3.05, 3.63) is 76.8 Å². The number of thiophene rings is 1. The van der Waals surface area contributed by atoms with Crippen LogP contribution in [0.5, 0.6) is 0 Å². The lowest BCUT2D eigenvalue weighted by Gasteiger charge is -2.16. The third-order valence-electron chi connectivity index (χ3n) is 6.07. The highest BCUT2D eigenvalue weighted by Gasteiger charge is 2.21. The summed E-state index contributed by atoms with van der Waals surface area (Å²) in [5.41, 5.74) is 3.34. The summed E-state index contributed by atoms with van der Waals surface area (Å²) in [6.07, 6.45) is 3.12. The molecule has 0 aliphatic carbocycles. The van der Waals surface area contributed by atoms with Crippen LogP contribution in [-0.2, 0) is 16.1 Å². The number of anilines is 2. The lowest BCUT2D eigenvalue weighted by molar-refractivity contribution is -0.117. The van der Waals surface area contributed by atoms with Crippen molar-refractivity contribution in [2.75, 3.05) is 16.8 Å². The summed E-state index contributed by atoms with van der Waals surface area (Å²) in [5.74, 6) is -0.0615. The molecule has 4 aromatic rings. The van der Waals surface area contributed by atoms with Gasteiger partial charge in [0.1, 0.15) is 4.83 Å². The number of carbonyl (C=O) groups is 2. The number of rotatable bonds is 6. The summed E-state index contributed by atoms with van der Waals surface area (Å²) in [6.45, 7) is 2.92. The van der Waals surface area contributed by atoms with E-state index in [1.807, 2.05) is 49.4 Å². The molecule has 8 heteroatoms. The summed E-state index contributed by atoms with van der Waals surface area (Å²) >= 11 is 1.51. The highest BCUT2D eigenvalue weighted by atomic mass is 32.1. The summed E-state index contributed by atoms with van der Waals surface area (Å²) in [4.78, 5) is 45.5. The van der Waals surface area contributed by atoms with Crippen LogP contribution in [-0.4, -0.2) is 27.9 Å². The minimum atomic E-state index is -0.191. The number of nitrogens with zero attached hydrogens (tertiary/aromatic N) is 3. The second kappa shape index (κ2) is 9.23. The van der Waals surface area contributed by atoms with E-state index < -0.39 is 0 Å². The van der Waals surface area contributed by atoms with Gasteiger partial charge in [-0.2, -0.15) is 0 Å². The maximum atomic E-state index is 13.1. The SMILES string of the molecule is Cc1c(-c2ccccc2)sc2ncn(CCC(=O)Nc3ccc(N4CCCC4=O)cc3)c(=O)c12. The number of carbonyl (C=O) groups excluding carboxylic acids is 2. The van der Waals surface area contributed by atoms with Crippen molar-refractivity contribution in [1.29, 1.82) is 0 Å². The topological polar surface area (TPSA) is 84.3 Å². The molecule has 1 saturated heterocycles. The van der Waals surface area contributed by atoms with Crippen LogP contribution in [0.2, 0.25) is 0 Å². The molecule has 1 fully saturated rings. The molecule has 2 amide bonds. The first-order chi connectivity index (χ1) is 16.5. The average molecular weight is 473 g/mol. The van der Waals surface area contributed by atoms with Crippen molar-refractivity contribution in [1.82, 2.24) is 9.55 Å². The summed E-state index contributed by atoms with van der Waals surface area (Å²) in [7, 11) is 0. The molecule has 0 spiro atoms. The first kappa shape index (κ1) is 22.0. The average Bonchev–Trinajstić information content (AvgIpc) is 3.43. The molecule has 0 bridgehead atoms. The van der Waals surface area contributed by atoms with E-state index in [1.165, 1.54) is 22.2 Å². The van der Waals surface area contributed by atoms with Gasteiger partial charge in [-0.25, -0.2) is 4.98 Å². The molecule has 0 saturated carbocycles. The minimum Gasteiger partial charge on any atom is -0.326 e. The van der Waals surface area contributed by atoms with E-state index in [0.29, 0.717) is 22.3 Å². The monoisotopic (exact) mass is 472 g/mol. The Kier molecular flexibility index (Phi) is 5.98. The van der Waals surface area contributed by atoms with Gasteiger partial charge in [0.05, 0.1) is 11.7 Å². The second-order valence-corrected chi connectivity index (χ2v) is 9.34. The van der Waals surface area contributed by atoms with E-state index in [-0.39, 0.29) is 30.3 Å². The van der Waals surface area contributed by atoms with Gasteiger partial charge in [0.2, 0.25) is 11.8 Å². The van der Waals surface area contributed by atoms with Crippen LogP contribution in [0.3, 0.4) is 0 Å². The number of aromatic nitrogens is 2. The van der Waals surface area contributed by atoms with Crippen LogP contribution in [0, 0.1) is 6.92 Å². The Balaban J connectivity index is 1.27. The van der Waals surface area contributed by atoms with Crippen LogP contribution in [0.4, 0.5) is 11.4 Å². The molecule has 2 aromatic heterocycles. The Morgan fingerprint density at radius 1 is 1.09 bits per heavy atom. The number of amides is 2. The predicted octanol–water partition coefficient (Wildman–Crippen LogP) is 4.59. The Hall–Kier alpha value is -3.78. The first-order valence-electron chi connectivity index (χ1n) is 11.3. The molecule has 34 heavy (non-hydrogen) atoms. The lowest BCUT2D eigenvalue weighted by Crippen LogP contribution is -2.24. The van der Waals surface area contributed by atoms with Gasteiger partial charge in [0, 0.05) is 42.2 Å². The highest BCUT2D eigenvalue weighted by Crippen LogP contribution is 2.35. The number of fused-ring (bicyclic) bond motifs is 1. The number of aryl methyl sites for hydroxylation is 2. The zero-order chi connectivity index (χ0) is 23.7. The fraction of sp³-hybridized carbons (Fsp3) is 0.231. The van der Waals surface area contributed by atoms with Crippen LogP contribution in [0.25, 0.3) is 20.7 Å². The Morgan fingerprint density at radius 2 is 1.85 bits per heavy atom. The fourth-order valence-corrected chi connectivity index (χ4v) is 5.42. The minimum absolute atomic E-state index is 0.129. The molecule has 172 valence electrons. The number of nitrogens with one attached hydrogen (secondary N) is 1. The van der Waals surface area contributed by atoms with E-state index in [2.05, 4.69) is 10.3 Å². The van der Waals surface area contributed by atoms with Gasteiger partial charge in [-0.05, 0) is 48.7 Å². The van der Waals surface area contributed by atoms with Gasteiger partial charge in [-0.3, -0.25) is 19.0 Å². The third-order valence-corrected chi connectivity index (χ3v) is 7.32. The molecule has 1 aliphatic heterocycles. The first-order valence-corrected chi connectivity index (χ1v) is 12.1. The molecule has 1 N–H and O–H groups in total. The van der Waals surface area contributed by atoms with E-state index in [0.717, 1.165) is 34.7 Å². The Morgan fingerprint density at radius 3 is 2.56 bits per heavy atom. The van der Waals surface area contributed by atoms with Crippen LogP contribution in [0.15, 0.2) is 65.7 Å². The molecule has 0 radical (unpaired) electrons. The highest BCUT2D eigenvalue weighted by molar-refractivity contribution is 7.22. The van der Waals surface area contributed by atoms with E-state index in [9.17, 15) is 14.4 Å². The third kappa shape index (κ3) is 4.24. The smallest absolute Gasteiger partial charge is 0.262 e. The molecule has 0 atom stereocenters. The largest absolute Gasteiger partial charge is 0.326 e. The second-order valence-electron chi connectivity index (χ2n) is 8.34. The maximum absolute atomic E-state index is 13.1. The van der Waals surface area contributed by atoms with Crippen molar-refractivity contribution >= 4 is 44.7 Å². The number of benzene rings is 2. The molecular weight excluding hydrogens is 448 g/mol. The molecule has 1 aliphatic rings. The summed E-state index contributed by atoms with van der Waals surface area (Å²) in [6, 6.07) is 17.2. The normalized spacial score (nSPS) is 13.6. The predicted molar refractivity (Wildman–Crippen MR) is 135 cm³/mol. The van der Waals surface area contributed by atoms with Gasteiger partial charge >= 0.3 is 0 Å². The van der Waals surface area contributed by atoms with Crippen molar-refractivity contribution in [3.8, 4) is 10.4 Å². The maximum Gasteiger partial charge on any atom is 0.262 e. The van der Waals surface area contributed by atoms with Gasteiger partial charge in [-0.15, -0.1) is 11.3 Å². The molecular formula is C26H24N4O3S. The van der Waals surface area contributed by atoms with Crippen LogP contribution >= 0.6 is 11.3 Å². The van der Waals surface area contributed by atoms with Crippen molar-refractivity contribution in [3.63, 3.8) is 0 Å². The quantitative estimate of drug-likeness (QED) is 0.445. The van der Waals surface area contributed by atoms with Gasteiger partial charge in [0.15, 0.2) is 0 Å². The van der Waals surface area contributed by atoms with Crippen molar-refractivity contribution in [2.24, 2.45) is 0 Å². The molecule has 5 rings (SSSR count). The zero-order valence-electron chi connectivity index (χ0n) is 18.8. The summed E-state index contributed by atoms with van der Waals surface area (Å²) in [5, 5.41) is 3.47. The van der Waals surface area contributed by atoms with Gasteiger partial charge in [0.25, 0.3) is 5.56 Å². The Bertz CT molecular complexity index is 1420. The lowest BCUT2D eigenvalue weighted by atomic mass is 10.1. The van der Waals surface area contributed by atoms with E-state index in [1.54, 1.807) is 17.0 Å². The van der Waals surface area contributed by atoms with Gasteiger partial charge < -0.3 is 10.2 Å². The standard InChI is InChI=1S/C26H24N4O3S/c1-17-23-25(34-24(17)18-6-3-2-4-7-18)27-16-29(26(23)33)15-13-21(31)28-19-9-11-20(12-10-19)30-14-5-8-22(30)32/h2-4,6-7,9-12,16H,5,8,13-15H2,1H3,(H,28,31). The van der Waals surface area contributed by atoms with E-state index >= 15 is 0 Å². The summed E-state index contributed by atoms with van der Waals surface area (Å²) < 4.78 is 1.50. The van der Waals surface area contributed by atoms with Gasteiger partial charge in [-0.1, -0.05) is 30.3 Å². The Labute approximate surface area is 200 Å². The number of hydrogen-bond donors (Lipinski definition) is 1. The van der Waals surface area contributed by atoms with Crippen molar-refractivity contribution < 1.29 is 9.59 Å². The molecule has 0 unspecified atom stereocenters. The van der Waals surface area contributed by atoms with E-state index in [4.69, 9.17) is 0 Å². The molecule has 7 nitrogen and oxygen atoms in total. The van der Waals surface area contributed by atoms with Crippen LogP contribution in [0.1, 0.15) is 24.8 Å². The van der Waals surface area contributed by atoms with Crippen LogP contribution < -0.4 is 15.8 Å². The molecule has 3 heterocycles. The fourth-order valence-electron chi connectivity index (χ4n) is 4.27. The zero-order valence-corrected chi connectivity index (χ0v) is 19.6. The van der Waals surface area contributed by atoms with Crippen molar-refractivity contribution in [2.45, 2.75) is 32.7 Å². The molecule has 2 aromatic carbocycles. The number of hydrogen-bond acceptors (Lipinski definition) is 5.